The van der Waals surface area contributed by atoms with E-state index in [9.17, 15) is 4.39 Å². The molecule has 0 spiro atoms. The Morgan fingerprint density at radius 2 is 1.93 bits per heavy atom. The van der Waals surface area contributed by atoms with E-state index in [1.807, 2.05) is 6.92 Å². The monoisotopic (exact) mass is 202 g/mol. The zero-order valence-electron chi connectivity index (χ0n) is 8.44. The fourth-order valence-electron chi connectivity index (χ4n) is 1.40. The average Bonchev–Trinajstić information content (AvgIpc) is 2.31. The van der Waals surface area contributed by atoms with Crippen molar-refractivity contribution >= 4 is 0 Å². The largest absolute Gasteiger partial charge is 0.236 e. The van der Waals surface area contributed by atoms with Crippen LogP contribution in [0.5, 0.6) is 0 Å². The molecule has 0 atom stereocenters. The van der Waals surface area contributed by atoms with Crippen LogP contribution in [0.25, 0.3) is 11.4 Å². The topological polar surface area (TPSA) is 25.8 Å². The molecule has 3 heteroatoms. The van der Waals surface area contributed by atoms with E-state index < -0.39 is 0 Å². The van der Waals surface area contributed by atoms with E-state index in [1.54, 1.807) is 30.6 Å². The van der Waals surface area contributed by atoms with Gasteiger partial charge in [-0.3, -0.25) is 0 Å². The molecule has 0 fully saturated rings. The van der Waals surface area contributed by atoms with Crippen molar-refractivity contribution in [1.29, 1.82) is 0 Å². The molecule has 76 valence electrons. The zero-order chi connectivity index (χ0) is 10.7. The predicted molar refractivity (Wildman–Crippen MR) is 56.8 cm³/mol. The number of aromatic nitrogens is 2. The molecule has 1 heterocycles. The van der Waals surface area contributed by atoms with Crippen LogP contribution in [-0.4, -0.2) is 9.97 Å². The maximum atomic E-state index is 13.5. The summed E-state index contributed by atoms with van der Waals surface area (Å²) in [5.41, 5.74) is 1.55. The van der Waals surface area contributed by atoms with E-state index in [0.29, 0.717) is 11.4 Å². The van der Waals surface area contributed by atoms with Crippen molar-refractivity contribution in [2.45, 2.75) is 13.3 Å². The summed E-state index contributed by atoms with van der Waals surface area (Å²) >= 11 is 0. The lowest BCUT2D eigenvalue weighted by atomic mass is 10.1. The number of nitrogens with zero attached hydrogens (tertiary/aromatic N) is 2. The van der Waals surface area contributed by atoms with Crippen LogP contribution < -0.4 is 0 Å². The molecule has 0 bridgehead atoms. The summed E-state index contributed by atoms with van der Waals surface area (Å²) in [6.07, 6.45) is 4.10. The predicted octanol–water partition coefficient (Wildman–Crippen LogP) is 2.85. The van der Waals surface area contributed by atoms with Gasteiger partial charge >= 0.3 is 0 Å². The van der Waals surface area contributed by atoms with Crippen molar-refractivity contribution in [3.63, 3.8) is 0 Å². The highest BCUT2D eigenvalue weighted by atomic mass is 19.1. The van der Waals surface area contributed by atoms with Gasteiger partial charge in [-0.25, -0.2) is 14.4 Å². The van der Waals surface area contributed by atoms with Crippen LogP contribution in [0, 0.1) is 5.82 Å². The second-order valence-corrected chi connectivity index (χ2v) is 3.24. The molecule has 0 aliphatic heterocycles. The fraction of sp³-hybridized carbons (Fsp3) is 0.167. The van der Waals surface area contributed by atoms with Gasteiger partial charge in [-0.1, -0.05) is 13.0 Å². The molecule has 2 rings (SSSR count). The Morgan fingerprint density at radius 3 is 2.60 bits per heavy atom. The summed E-state index contributed by atoms with van der Waals surface area (Å²) in [5, 5.41) is 0. The number of hydrogen-bond acceptors (Lipinski definition) is 2. The lowest BCUT2D eigenvalue weighted by Crippen LogP contribution is -1.92. The summed E-state index contributed by atoms with van der Waals surface area (Å²) in [6, 6.07) is 6.75. The highest BCUT2D eigenvalue weighted by Crippen LogP contribution is 2.20. The molecule has 0 saturated heterocycles. The third-order valence-corrected chi connectivity index (χ3v) is 2.25. The Bertz CT molecular complexity index is 454. The molecule has 2 aromatic rings. The standard InChI is InChI=1S/C12H11FN2/c1-2-9-4-5-11(13)10(8-9)12-14-6-3-7-15-12/h3-8H,2H2,1H3. The molecule has 15 heavy (non-hydrogen) atoms. The normalized spacial score (nSPS) is 10.3. The van der Waals surface area contributed by atoms with Gasteiger partial charge in [0.2, 0.25) is 0 Å². The molecular weight excluding hydrogens is 191 g/mol. The summed E-state index contributed by atoms with van der Waals surface area (Å²) in [7, 11) is 0. The summed E-state index contributed by atoms with van der Waals surface area (Å²) in [5.74, 6) is 0.156. The molecule has 2 nitrogen and oxygen atoms in total. The fourth-order valence-corrected chi connectivity index (χ4v) is 1.40. The molecular formula is C12H11FN2. The first-order chi connectivity index (χ1) is 7.31. The van der Waals surface area contributed by atoms with Crippen molar-refractivity contribution in [2.24, 2.45) is 0 Å². The first-order valence-electron chi connectivity index (χ1n) is 4.87. The first kappa shape index (κ1) is 9.77. The second kappa shape index (κ2) is 4.17. The van der Waals surface area contributed by atoms with Gasteiger partial charge in [0.05, 0.1) is 5.56 Å². The lowest BCUT2D eigenvalue weighted by molar-refractivity contribution is 0.629. The van der Waals surface area contributed by atoms with Crippen LogP contribution in [0.2, 0.25) is 0 Å². The van der Waals surface area contributed by atoms with E-state index in [0.717, 1.165) is 12.0 Å². The smallest absolute Gasteiger partial charge is 0.162 e. The highest BCUT2D eigenvalue weighted by Gasteiger charge is 2.07. The van der Waals surface area contributed by atoms with Gasteiger partial charge in [0.25, 0.3) is 0 Å². The van der Waals surface area contributed by atoms with Gasteiger partial charge in [0.15, 0.2) is 5.82 Å². The van der Waals surface area contributed by atoms with E-state index in [4.69, 9.17) is 0 Å². The molecule has 1 aromatic heterocycles. The van der Waals surface area contributed by atoms with Gasteiger partial charge in [0.1, 0.15) is 5.82 Å². The SMILES string of the molecule is CCc1ccc(F)c(-c2ncccn2)c1. The highest BCUT2D eigenvalue weighted by molar-refractivity contribution is 5.56. The zero-order valence-corrected chi connectivity index (χ0v) is 8.44. The molecule has 0 aliphatic carbocycles. The van der Waals surface area contributed by atoms with Crippen LogP contribution in [0.1, 0.15) is 12.5 Å². The Balaban J connectivity index is 2.52. The van der Waals surface area contributed by atoms with E-state index >= 15 is 0 Å². The Morgan fingerprint density at radius 1 is 1.20 bits per heavy atom. The summed E-state index contributed by atoms with van der Waals surface area (Å²) in [4.78, 5) is 8.07. The number of halogens is 1. The average molecular weight is 202 g/mol. The van der Waals surface area contributed by atoms with Crippen LogP contribution in [0.3, 0.4) is 0 Å². The van der Waals surface area contributed by atoms with E-state index in [1.165, 1.54) is 6.07 Å². The van der Waals surface area contributed by atoms with Crippen molar-refractivity contribution < 1.29 is 4.39 Å². The number of aryl methyl sites for hydroxylation is 1. The Hall–Kier alpha value is -1.77. The molecule has 0 N–H and O–H groups in total. The lowest BCUT2D eigenvalue weighted by Gasteiger charge is -2.03. The second-order valence-electron chi connectivity index (χ2n) is 3.24. The van der Waals surface area contributed by atoms with Gasteiger partial charge < -0.3 is 0 Å². The van der Waals surface area contributed by atoms with Crippen molar-refractivity contribution in [3.8, 4) is 11.4 Å². The number of rotatable bonds is 2. The molecule has 0 unspecified atom stereocenters. The maximum absolute atomic E-state index is 13.5. The van der Waals surface area contributed by atoms with Crippen LogP contribution in [-0.2, 0) is 6.42 Å². The minimum Gasteiger partial charge on any atom is -0.236 e. The quantitative estimate of drug-likeness (QED) is 0.748. The van der Waals surface area contributed by atoms with Gasteiger partial charge in [-0.2, -0.15) is 0 Å². The minimum absolute atomic E-state index is 0.279. The molecule has 0 saturated carbocycles. The van der Waals surface area contributed by atoms with Gasteiger partial charge in [-0.15, -0.1) is 0 Å². The first-order valence-corrected chi connectivity index (χ1v) is 4.87. The third kappa shape index (κ3) is 2.01. The van der Waals surface area contributed by atoms with E-state index in [-0.39, 0.29) is 5.82 Å². The summed E-state index contributed by atoms with van der Waals surface area (Å²) < 4.78 is 13.5. The Kier molecular flexibility index (Phi) is 2.72. The van der Waals surface area contributed by atoms with Gasteiger partial charge in [-0.05, 0) is 30.2 Å². The Labute approximate surface area is 87.8 Å². The maximum Gasteiger partial charge on any atom is 0.162 e. The van der Waals surface area contributed by atoms with E-state index in [2.05, 4.69) is 9.97 Å². The minimum atomic E-state index is -0.279. The van der Waals surface area contributed by atoms with Gasteiger partial charge in [0, 0.05) is 12.4 Å². The molecule has 0 amide bonds. The van der Waals surface area contributed by atoms with Crippen molar-refractivity contribution in [1.82, 2.24) is 9.97 Å². The van der Waals surface area contributed by atoms with Crippen molar-refractivity contribution in [3.05, 3.63) is 48.0 Å². The van der Waals surface area contributed by atoms with Crippen LogP contribution in [0.15, 0.2) is 36.7 Å². The van der Waals surface area contributed by atoms with Crippen molar-refractivity contribution in [2.75, 3.05) is 0 Å². The molecule has 1 aromatic carbocycles. The van der Waals surface area contributed by atoms with Crippen LogP contribution in [0.4, 0.5) is 4.39 Å². The molecule has 0 radical (unpaired) electrons. The number of benzene rings is 1. The third-order valence-electron chi connectivity index (χ3n) is 2.25. The number of hydrogen-bond donors (Lipinski definition) is 0. The molecule has 0 aliphatic rings. The van der Waals surface area contributed by atoms with Crippen LogP contribution >= 0.6 is 0 Å². The summed E-state index contributed by atoms with van der Waals surface area (Å²) in [6.45, 7) is 2.03.